The van der Waals surface area contributed by atoms with Crippen LogP contribution in [0, 0.1) is 11.6 Å². The zero-order valence-electron chi connectivity index (χ0n) is 12.1. The van der Waals surface area contributed by atoms with Crippen LogP contribution < -0.4 is 4.72 Å². The quantitative estimate of drug-likeness (QED) is 0.498. The standard InChI is InChI=1S/C16H10F2N4S2/c17-9-1-3-12(11(18)7-9)22-24-10-2-4-13-14(8-10)21-15(20-13)16-19-5-6-23-16/h1-8,22H,(H,20,21). The van der Waals surface area contributed by atoms with Gasteiger partial charge in [0.15, 0.2) is 10.8 Å². The molecule has 0 aliphatic carbocycles. The lowest BCUT2D eigenvalue weighted by molar-refractivity contribution is 0.586. The third kappa shape index (κ3) is 2.98. The second-order valence-electron chi connectivity index (χ2n) is 4.93. The fourth-order valence-corrected chi connectivity index (χ4v) is 3.47. The third-order valence-electron chi connectivity index (χ3n) is 3.30. The minimum absolute atomic E-state index is 0.231. The minimum Gasteiger partial charge on any atom is -0.336 e. The van der Waals surface area contributed by atoms with Crippen LogP contribution in [-0.2, 0) is 0 Å². The molecule has 0 aliphatic heterocycles. The van der Waals surface area contributed by atoms with Gasteiger partial charge in [0.05, 0.1) is 16.7 Å². The summed E-state index contributed by atoms with van der Waals surface area (Å²) in [6.07, 6.45) is 1.73. The van der Waals surface area contributed by atoms with Gasteiger partial charge in [-0.2, -0.15) is 0 Å². The summed E-state index contributed by atoms with van der Waals surface area (Å²) in [4.78, 5) is 12.8. The van der Waals surface area contributed by atoms with E-state index in [0.29, 0.717) is 0 Å². The molecule has 0 bridgehead atoms. The van der Waals surface area contributed by atoms with Crippen molar-refractivity contribution >= 4 is 40.0 Å². The van der Waals surface area contributed by atoms with Crippen LogP contribution in [0.15, 0.2) is 52.9 Å². The Kier molecular flexibility index (Phi) is 3.91. The average molecular weight is 360 g/mol. The molecule has 24 heavy (non-hydrogen) atoms. The lowest BCUT2D eigenvalue weighted by atomic mass is 10.3. The molecule has 0 spiro atoms. The second kappa shape index (κ2) is 6.21. The van der Waals surface area contributed by atoms with Gasteiger partial charge < -0.3 is 9.71 Å². The molecule has 0 atom stereocenters. The monoisotopic (exact) mass is 360 g/mol. The van der Waals surface area contributed by atoms with Crippen molar-refractivity contribution in [2.75, 3.05) is 4.72 Å². The number of hydrogen-bond donors (Lipinski definition) is 2. The summed E-state index contributed by atoms with van der Waals surface area (Å²) in [5.41, 5.74) is 1.93. The number of hydrogen-bond acceptors (Lipinski definition) is 5. The van der Waals surface area contributed by atoms with Crippen molar-refractivity contribution in [3.63, 3.8) is 0 Å². The molecule has 0 amide bonds. The molecule has 0 unspecified atom stereocenters. The maximum Gasteiger partial charge on any atom is 0.167 e. The highest BCUT2D eigenvalue weighted by molar-refractivity contribution is 8.00. The Bertz CT molecular complexity index is 999. The molecule has 4 rings (SSSR count). The zero-order chi connectivity index (χ0) is 16.5. The maximum atomic E-state index is 13.6. The Labute approximate surface area is 144 Å². The van der Waals surface area contributed by atoms with Crippen molar-refractivity contribution in [1.82, 2.24) is 15.0 Å². The zero-order valence-corrected chi connectivity index (χ0v) is 13.7. The van der Waals surface area contributed by atoms with Gasteiger partial charge in [0, 0.05) is 22.5 Å². The number of benzene rings is 2. The van der Waals surface area contributed by atoms with Crippen LogP contribution in [0.3, 0.4) is 0 Å². The number of rotatable bonds is 4. The van der Waals surface area contributed by atoms with E-state index in [1.807, 2.05) is 23.6 Å². The van der Waals surface area contributed by atoms with Crippen LogP contribution in [0.5, 0.6) is 0 Å². The summed E-state index contributed by atoms with van der Waals surface area (Å²) >= 11 is 2.75. The van der Waals surface area contributed by atoms with Crippen LogP contribution in [0.2, 0.25) is 0 Å². The molecule has 8 heteroatoms. The average Bonchev–Trinajstić information content (AvgIpc) is 3.22. The van der Waals surface area contributed by atoms with Gasteiger partial charge in [-0.05, 0) is 42.3 Å². The first kappa shape index (κ1) is 15.1. The SMILES string of the molecule is Fc1ccc(NSc2ccc3nc(-c4nccs4)[nH]c3c2)c(F)c1. The molecule has 2 N–H and O–H groups in total. The number of halogens is 2. The number of anilines is 1. The molecule has 0 radical (unpaired) electrons. The second-order valence-corrected chi connectivity index (χ2v) is 6.70. The smallest absolute Gasteiger partial charge is 0.167 e. The number of imidazole rings is 1. The molecule has 0 saturated heterocycles. The van der Waals surface area contributed by atoms with E-state index in [9.17, 15) is 8.78 Å². The first-order chi connectivity index (χ1) is 11.7. The third-order valence-corrected chi connectivity index (χ3v) is 4.89. The fraction of sp³-hybridized carbons (Fsp3) is 0. The molecular weight excluding hydrogens is 350 g/mol. The summed E-state index contributed by atoms with van der Waals surface area (Å²) in [7, 11) is 0. The van der Waals surface area contributed by atoms with Crippen LogP contribution in [0.25, 0.3) is 21.9 Å². The molecular formula is C16H10F2N4S2. The van der Waals surface area contributed by atoms with Crippen molar-refractivity contribution in [1.29, 1.82) is 0 Å². The number of aromatic amines is 1. The largest absolute Gasteiger partial charge is 0.336 e. The van der Waals surface area contributed by atoms with E-state index in [-0.39, 0.29) is 5.69 Å². The van der Waals surface area contributed by atoms with E-state index >= 15 is 0 Å². The van der Waals surface area contributed by atoms with Crippen molar-refractivity contribution in [2.24, 2.45) is 0 Å². The Balaban J connectivity index is 1.56. The summed E-state index contributed by atoms with van der Waals surface area (Å²) in [5.74, 6) is -0.507. The molecule has 4 nitrogen and oxygen atoms in total. The summed E-state index contributed by atoms with van der Waals surface area (Å²) in [5, 5.41) is 2.72. The fourth-order valence-electron chi connectivity index (χ4n) is 2.18. The summed E-state index contributed by atoms with van der Waals surface area (Å²) < 4.78 is 29.4. The predicted octanol–water partition coefficient (Wildman–Crippen LogP) is 5.08. The van der Waals surface area contributed by atoms with E-state index in [1.54, 1.807) is 6.20 Å². The van der Waals surface area contributed by atoms with Crippen LogP contribution in [-0.4, -0.2) is 15.0 Å². The van der Waals surface area contributed by atoms with E-state index in [4.69, 9.17) is 0 Å². The molecule has 0 fully saturated rings. The number of thiazole rings is 1. The molecule has 0 saturated carbocycles. The van der Waals surface area contributed by atoms with E-state index in [1.165, 1.54) is 35.4 Å². The van der Waals surface area contributed by atoms with Crippen molar-refractivity contribution in [3.8, 4) is 10.8 Å². The first-order valence-electron chi connectivity index (χ1n) is 6.96. The van der Waals surface area contributed by atoms with Crippen molar-refractivity contribution in [3.05, 3.63) is 59.6 Å². The molecule has 2 aromatic carbocycles. The number of H-pyrrole nitrogens is 1. The predicted molar refractivity (Wildman–Crippen MR) is 93.0 cm³/mol. The molecule has 0 aliphatic rings. The lowest BCUT2D eigenvalue weighted by Gasteiger charge is -2.06. The van der Waals surface area contributed by atoms with Crippen molar-refractivity contribution in [2.45, 2.75) is 4.90 Å². The number of nitrogens with zero attached hydrogens (tertiary/aromatic N) is 2. The van der Waals surface area contributed by atoms with Crippen LogP contribution in [0.1, 0.15) is 0 Å². The van der Waals surface area contributed by atoms with Crippen molar-refractivity contribution < 1.29 is 8.78 Å². The Morgan fingerprint density at radius 3 is 2.83 bits per heavy atom. The van der Waals surface area contributed by atoms with E-state index < -0.39 is 11.6 Å². The number of fused-ring (bicyclic) bond motifs is 1. The number of aromatic nitrogens is 3. The highest BCUT2D eigenvalue weighted by Gasteiger charge is 2.09. The summed E-state index contributed by atoms with van der Waals surface area (Å²) in [6.45, 7) is 0. The van der Waals surface area contributed by atoms with Gasteiger partial charge in [-0.25, -0.2) is 18.7 Å². The Morgan fingerprint density at radius 2 is 2.04 bits per heavy atom. The van der Waals surface area contributed by atoms with Gasteiger partial charge in [0.1, 0.15) is 11.6 Å². The summed E-state index contributed by atoms with van der Waals surface area (Å²) in [6, 6.07) is 9.11. The van der Waals surface area contributed by atoms with Gasteiger partial charge in [-0.1, -0.05) is 0 Å². The normalized spacial score (nSPS) is 11.1. The molecule has 120 valence electrons. The number of nitrogens with one attached hydrogen (secondary N) is 2. The highest BCUT2D eigenvalue weighted by Crippen LogP contribution is 2.28. The van der Waals surface area contributed by atoms with Gasteiger partial charge >= 0.3 is 0 Å². The van der Waals surface area contributed by atoms with Gasteiger partial charge in [-0.3, -0.25) is 0 Å². The highest BCUT2D eigenvalue weighted by atomic mass is 32.2. The first-order valence-corrected chi connectivity index (χ1v) is 8.66. The molecule has 2 aromatic heterocycles. The lowest BCUT2D eigenvalue weighted by Crippen LogP contribution is -1.91. The molecule has 4 aromatic rings. The van der Waals surface area contributed by atoms with Crippen LogP contribution >= 0.6 is 23.3 Å². The van der Waals surface area contributed by atoms with Gasteiger partial charge in [0.2, 0.25) is 0 Å². The van der Waals surface area contributed by atoms with E-state index in [0.717, 1.165) is 32.8 Å². The maximum absolute atomic E-state index is 13.6. The Morgan fingerprint density at radius 1 is 1.12 bits per heavy atom. The van der Waals surface area contributed by atoms with Gasteiger partial charge in [-0.15, -0.1) is 11.3 Å². The van der Waals surface area contributed by atoms with Crippen LogP contribution in [0.4, 0.5) is 14.5 Å². The minimum atomic E-state index is -0.629. The topological polar surface area (TPSA) is 53.6 Å². The molecule has 2 heterocycles. The van der Waals surface area contributed by atoms with Gasteiger partial charge in [0.25, 0.3) is 0 Å². The Hall–Kier alpha value is -2.45. The van der Waals surface area contributed by atoms with E-state index in [2.05, 4.69) is 19.7 Å².